The number of hydrogen-bond donors (Lipinski definition) is 1. The van der Waals surface area contributed by atoms with E-state index >= 15 is 0 Å². The summed E-state index contributed by atoms with van der Waals surface area (Å²) >= 11 is 0. The summed E-state index contributed by atoms with van der Waals surface area (Å²) in [5, 5.41) is 3.49. The zero-order valence-electron chi connectivity index (χ0n) is 12.1. The molecule has 3 nitrogen and oxygen atoms in total. The van der Waals surface area contributed by atoms with Crippen molar-refractivity contribution in [1.29, 1.82) is 0 Å². The van der Waals surface area contributed by atoms with Gasteiger partial charge in [-0.2, -0.15) is 0 Å². The molecule has 1 heterocycles. The predicted octanol–water partition coefficient (Wildman–Crippen LogP) is 3.40. The van der Waals surface area contributed by atoms with E-state index in [1.807, 2.05) is 17.1 Å². The van der Waals surface area contributed by atoms with Crippen LogP contribution in [-0.2, 0) is 6.54 Å². The standard InChI is InChI=1S/C16H23N3/c1-16(2,3)8-9-17-12-14-4-6-15(7-5-14)19-11-10-18-13-19/h4-7,10-11,13,17H,8-9,12H2,1-3H3. The lowest BCUT2D eigenvalue weighted by atomic mass is 9.92. The van der Waals surface area contributed by atoms with Crippen LogP contribution in [-0.4, -0.2) is 16.1 Å². The highest BCUT2D eigenvalue weighted by Crippen LogP contribution is 2.17. The van der Waals surface area contributed by atoms with Crippen molar-refractivity contribution in [2.75, 3.05) is 6.54 Å². The van der Waals surface area contributed by atoms with Gasteiger partial charge < -0.3 is 9.88 Å². The quantitative estimate of drug-likeness (QED) is 0.832. The third kappa shape index (κ3) is 4.52. The molecule has 102 valence electrons. The van der Waals surface area contributed by atoms with E-state index in [-0.39, 0.29) is 0 Å². The summed E-state index contributed by atoms with van der Waals surface area (Å²) in [5.74, 6) is 0. The van der Waals surface area contributed by atoms with E-state index in [1.54, 1.807) is 6.20 Å². The maximum Gasteiger partial charge on any atom is 0.0991 e. The summed E-state index contributed by atoms with van der Waals surface area (Å²) in [5.41, 5.74) is 2.87. The second-order valence-corrected chi connectivity index (χ2v) is 6.12. The normalized spacial score (nSPS) is 11.7. The zero-order chi connectivity index (χ0) is 13.7. The first-order chi connectivity index (χ1) is 9.04. The molecule has 2 aromatic rings. The molecular formula is C16H23N3. The van der Waals surface area contributed by atoms with Crippen molar-refractivity contribution < 1.29 is 0 Å². The maximum absolute atomic E-state index is 4.06. The lowest BCUT2D eigenvalue weighted by molar-refractivity contribution is 0.366. The van der Waals surface area contributed by atoms with Gasteiger partial charge in [-0.25, -0.2) is 4.98 Å². The smallest absolute Gasteiger partial charge is 0.0991 e. The molecule has 2 rings (SSSR count). The topological polar surface area (TPSA) is 29.9 Å². The van der Waals surface area contributed by atoms with Gasteiger partial charge in [0.05, 0.1) is 6.33 Å². The van der Waals surface area contributed by atoms with E-state index in [9.17, 15) is 0 Å². The van der Waals surface area contributed by atoms with Crippen LogP contribution in [0.3, 0.4) is 0 Å². The van der Waals surface area contributed by atoms with Crippen LogP contribution in [0.2, 0.25) is 0 Å². The van der Waals surface area contributed by atoms with Gasteiger partial charge in [-0.1, -0.05) is 32.9 Å². The SMILES string of the molecule is CC(C)(C)CCNCc1ccc(-n2ccnc2)cc1. The van der Waals surface area contributed by atoms with Gasteiger partial charge in [0.25, 0.3) is 0 Å². The molecule has 1 aromatic carbocycles. The van der Waals surface area contributed by atoms with E-state index in [1.165, 1.54) is 12.0 Å². The molecule has 1 aromatic heterocycles. The molecule has 0 saturated heterocycles. The molecule has 0 atom stereocenters. The van der Waals surface area contributed by atoms with Gasteiger partial charge >= 0.3 is 0 Å². The fourth-order valence-electron chi connectivity index (χ4n) is 1.89. The summed E-state index contributed by atoms with van der Waals surface area (Å²) in [6, 6.07) is 8.59. The Morgan fingerprint density at radius 3 is 2.47 bits per heavy atom. The summed E-state index contributed by atoms with van der Waals surface area (Å²) in [6.45, 7) is 8.81. The average Bonchev–Trinajstić information content (AvgIpc) is 2.88. The third-order valence-electron chi connectivity index (χ3n) is 3.12. The molecule has 1 N–H and O–H groups in total. The van der Waals surface area contributed by atoms with E-state index in [0.717, 1.165) is 18.8 Å². The predicted molar refractivity (Wildman–Crippen MR) is 79.3 cm³/mol. The number of imidazole rings is 1. The molecule has 0 aliphatic heterocycles. The van der Waals surface area contributed by atoms with Gasteiger partial charge in [0.15, 0.2) is 0 Å². The average molecular weight is 257 g/mol. The fourth-order valence-corrected chi connectivity index (χ4v) is 1.89. The maximum atomic E-state index is 4.06. The Labute approximate surface area is 115 Å². The minimum Gasteiger partial charge on any atom is -0.313 e. The first-order valence-corrected chi connectivity index (χ1v) is 6.83. The molecule has 0 fully saturated rings. The summed E-state index contributed by atoms with van der Waals surface area (Å²) in [7, 11) is 0. The number of rotatable bonds is 5. The third-order valence-corrected chi connectivity index (χ3v) is 3.12. The van der Waals surface area contributed by atoms with E-state index < -0.39 is 0 Å². The second kappa shape index (κ2) is 6.02. The van der Waals surface area contributed by atoms with Crippen LogP contribution >= 0.6 is 0 Å². The van der Waals surface area contributed by atoms with Crippen molar-refractivity contribution in [3.63, 3.8) is 0 Å². The number of nitrogens with one attached hydrogen (secondary N) is 1. The van der Waals surface area contributed by atoms with Crippen LogP contribution in [0.15, 0.2) is 43.0 Å². The Bertz CT molecular complexity index is 478. The first kappa shape index (κ1) is 13.8. The van der Waals surface area contributed by atoms with Crippen molar-refractivity contribution in [3.05, 3.63) is 48.5 Å². The molecule has 0 unspecified atom stereocenters. The van der Waals surface area contributed by atoms with E-state index in [2.05, 4.69) is 55.3 Å². The lowest BCUT2D eigenvalue weighted by Crippen LogP contribution is -2.20. The molecule has 0 radical (unpaired) electrons. The summed E-state index contributed by atoms with van der Waals surface area (Å²) < 4.78 is 2.01. The molecule has 0 bridgehead atoms. The van der Waals surface area contributed by atoms with Crippen molar-refractivity contribution in [1.82, 2.24) is 14.9 Å². The van der Waals surface area contributed by atoms with Crippen molar-refractivity contribution in [2.24, 2.45) is 5.41 Å². The highest BCUT2D eigenvalue weighted by atomic mass is 15.0. The molecule has 3 heteroatoms. The zero-order valence-corrected chi connectivity index (χ0v) is 12.1. The Morgan fingerprint density at radius 2 is 1.89 bits per heavy atom. The first-order valence-electron chi connectivity index (χ1n) is 6.83. The van der Waals surface area contributed by atoms with Crippen molar-refractivity contribution in [3.8, 4) is 5.69 Å². The Hall–Kier alpha value is -1.61. The minimum atomic E-state index is 0.401. The molecule has 0 saturated carbocycles. The number of nitrogens with zero attached hydrogens (tertiary/aromatic N) is 2. The highest BCUT2D eigenvalue weighted by molar-refractivity contribution is 5.34. The molecular weight excluding hydrogens is 234 g/mol. The number of hydrogen-bond acceptors (Lipinski definition) is 2. The van der Waals surface area contributed by atoms with Crippen LogP contribution < -0.4 is 5.32 Å². The summed E-state index contributed by atoms with van der Waals surface area (Å²) in [4.78, 5) is 4.06. The van der Waals surface area contributed by atoms with Crippen LogP contribution in [0.1, 0.15) is 32.8 Å². The van der Waals surface area contributed by atoms with Crippen LogP contribution in [0.25, 0.3) is 5.69 Å². The second-order valence-electron chi connectivity index (χ2n) is 6.12. The summed E-state index contributed by atoms with van der Waals surface area (Å²) in [6.07, 6.45) is 6.76. The fraction of sp³-hybridized carbons (Fsp3) is 0.438. The van der Waals surface area contributed by atoms with Gasteiger partial charge in [0.2, 0.25) is 0 Å². The van der Waals surface area contributed by atoms with Gasteiger partial charge in [-0.3, -0.25) is 0 Å². The van der Waals surface area contributed by atoms with E-state index in [4.69, 9.17) is 0 Å². The van der Waals surface area contributed by atoms with Gasteiger partial charge in [-0.15, -0.1) is 0 Å². The van der Waals surface area contributed by atoms with Crippen LogP contribution in [0, 0.1) is 5.41 Å². The largest absolute Gasteiger partial charge is 0.313 e. The van der Waals surface area contributed by atoms with Gasteiger partial charge in [-0.05, 0) is 36.1 Å². The Balaban J connectivity index is 1.83. The van der Waals surface area contributed by atoms with E-state index in [0.29, 0.717) is 5.41 Å². The molecule has 19 heavy (non-hydrogen) atoms. The molecule has 0 spiro atoms. The molecule has 0 aliphatic carbocycles. The number of aromatic nitrogens is 2. The van der Waals surface area contributed by atoms with Crippen LogP contribution in [0.5, 0.6) is 0 Å². The minimum absolute atomic E-state index is 0.401. The van der Waals surface area contributed by atoms with Crippen LogP contribution in [0.4, 0.5) is 0 Å². The Morgan fingerprint density at radius 1 is 1.16 bits per heavy atom. The molecule has 0 aliphatic rings. The lowest BCUT2D eigenvalue weighted by Gasteiger charge is -2.18. The highest BCUT2D eigenvalue weighted by Gasteiger charge is 2.08. The molecule has 0 amide bonds. The van der Waals surface area contributed by atoms with Crippen molar-refractivity contribution in [2.45, 2.75) is 33.7 Å². The monoisotopic (exact) mass is 257 g/mol. The Kier molecular flexibility index (Phi) is 4.38. The number of benzene rings is 1. The van der Waals surface area contributed by atoms with Crippen molar-refractivity contribution >= 4 is 0 Å². The van der Waals surface area contributed by atoms with Gasteiger partial charge in [0, 0.05) is 24.6 Å². The van der Waals surface area contributed by atoms with Gasteiger partial charge in [0.1, 0.15) is 0 Å².